The van der Waals surface area contributed by atoms with Gasteiger partial charge in [-0.3, -0.25) is 9.69 Å². The number of hydrogen-bond donors (Lipinski definition) is 1. The molecular formula is C21H32BrN3O2. The Kier molecular flexibility index (Phi) is 7.56. The predicted octanol–water partition coefficient (Wildman–Crippen LogP) is 3.28. The molecule has 0 unspecified atom stereocenters. The first-order valence-electron chi connectivity index (χ1n) is 10.2. The van der Waals surface area contributed by atoms with Crippen LogP contribution in [0.2, 0.25) is 0 Å². The number of carbonyl (C=O) groups excluding carboxylic acids is 1. The Bertz CT molecular complexity index is 594. The van der Waals surface area contributed by atoms with Crippen molar-refractivity contribution < 1.29 is 9.53 Å². The van der Waals surface area contributed by atoms with Crippen molar-refractivity contribution in [1.82, 2.24) is 15.1 Å². The van der Waals surface area contributed by atoms with Crippen LogP contribution in [0, 0.1) is 0 Å². The molecular weight excluding hydrogens is 406 g/mol. The molecule has 1 saturated heterocycles. The van der Waals surface area contributed by atoms with Gasteiger partial charge >= 0.3 is 0 Å². The van der Waals surface area contributed by atoms with E-state index in [1.807, 2.05) is 24.3 Å². The summed E-state index contributed by atoms with van der Waals surface area (Å²) in [5, 5.41) is 3.17. The number of carbonyl (C=O) groups is 1. The van der Waals surface area contributed by atoms with E-state index in [1.54, 1.807) is 0 Å². The molecule has 150 valence electrons. The highest BCUT2D eigenvalue weighted by Crippen LogP contribution is 2.34. The summed E-state index contributed by atoms with van der Waals surface area (Å²) < 4.78 is 6.62. The molecule has 1 aliphatic carbocycles. The third-order valence-corrected chi connectivity index (χ3v) is 6.60. The van der Waals surface area contributed by atoms with Gasteiger partial charge in [0.2, 0.25) is 0 Å². The van der Waals surface area contributed by atoms with Gasteiger partial charge in [-0.1, -0.05) is 42.1 Å². The van der Waals surface area contributed by atoms with Crippen LogP contribution in [-0.2, 0) is 4.79 Å². The largest absolute Gasteiger partial charge is 0.484 e. The Hall–Kier alpha value is -1.11. The number of rotatable bonds is 7. The van der Waals surface area contributed by atoms with E-state index in [9.17, 15) is 4.79 Å². The molecule has 0 atom stereocenters. The maximum Gasteiger partial charge on any atom is 0.258 e. The van der Waals surface area contributed by atoms with Crippen molar-refractivity contribution in [3.8, 4) is 5.75 Å². The first-order valence-corrected chi connectivity index (χ1v) is 11.0. The number of benzene rings is 1. The third-order valence-electron chi connectivity index (χ3n) is 6.07. The van der Waals surface area contributed by atoms with Crippen molar-refractivity contribution in [3.05, 3.63) is 28.7 Å². The monoisotopic (exact) mass is 437 g/mol. The minimum absolute atomic E-state index is 0.0324. The molecule has 0 radical (unpaired) electrons. The van der Waals surface area contributed by atoms with Gasteiger partial charge in [-0.25, -0.2) is 0 Å². The van der Waals surface area contributed by atoms with Gasteiger partial charge in [-0.05, 0) is 43.7 Å². The fourth-order valence-electron chi connectivity index (χ4n) is 4.35. The van der Waals surface area contributed by atoms with Crippen molar-refractivity contribution in [3.63, 3.8) is 0 Å². The van der Waals surface area contributed by atoms with E-state index >= 15 is 0 Å². The van der Waals surface area contributed by atoms with Gasteiger partial charge in [-0.2, -0.15) is 0 Å². The molecule has 1 heterocycles. The van der Waals surface area contributed by atoms with Crippen LogP contribution >= 0.6 is 15.9 Å². The molecule has 0 aromatic heterocycles. The topological polar surface area (TPSA) is 44.8 Å². The number of halogens is 1. The highest BCUT2D eigenvalue weighted by atomic mass is 79.9. The lowest BCUT2D eigenvalue weighted by Crippen LogP contribution is -2.62. The molecule has 5 nitrogen and oxygen atoms in total. The van der Waals surface area contributed by atoms with Crippen LogP contribution in [0.15, 0.2) is 28.7 Å². The number of hydrogen-bond acceptors (Lipinski definition) is 4. The standard InChI is InChI=1S/C21H32BrN3O2/c1-2-24-12-14-25(15-13-24)21(10-4-3-5-11-21)17-23-20(26)16-27-19-8-6-18(22)7-9-19/h6-9H,2-5,10-17H2,1H3,(H,23,26). The van der Waals surface area contributed by atoms with Crippen molar-refractivity contribution in [2.75, 3.05) is 45.9 Å². The van der Waals surface area contributed by atoms with E-state index in [-0.39, 0.29) is 18.1 Å². The van der Waals surface area contributed by atoms with Crippen LogP contribution in [0.5, 0.6) is 5.75 Å². The van der Waals surface area contributed by atoms with E-state index in [0.717, 1.165) is 49.5 Å². The lowest BCUT2D eigenvalue weighted by atomic mass is 9.79. The minimum atomic E-state index is -0.0324. The summed E-state index contributed by atoms with van der Waals surface area (Å²) >= 11 is 3.40. The van der Waals surface area contributed by atoms with E-state index in [2.05, 4.69) is 38.0 Å². The number of piperazine rings is 1. The number of nitrogens with zero attached hydrogens (tertiary/aromatic N) is 2. The van der Waals surface area contributed by atoms with E-state index < -0.39 is 0 Å². The second-order valence-electron chi connectivity index (χ2n) is 7.73. The molecule has 1 N–H and O–H groups in total. The average molecular weight is 438 g/mol. The quantitative estimate of drug-likeness (QED) is 0.710. The van der Waals surface area contributed by atoms with Crippen LogP contribution in [0.3, 0.4) is 0 Å². The zero-order chi connectivity index (χ0) is 19.1. The Morgan fingerprint density at radius 3 is 2.41 bits per heavy atom. The summed E-state index contributed by atoms with van der Waals surface area (Å²) in [6.07, 6.45) is 6.22. The highest BCUT2D eigenvalue weighted by molar-refractivity contribution is 9.10. The number of ether oxygens (including phenoxy) is 1. The summed E-state index contributed by atoms with van der Waals surface area (Å²) in [5.74, 6) is 0.687. The number of likely N-dealkylation sites (N-methyl/N-ethyl adjacent to an activating group) is 1. The summed E-state index contributed by atoms with van der Waals surface area (Å²) in [6, 6.07) is 7.57. The lowest BCUT2D eigenvalue weighted by Gasteiger charge is -2.50. The molecule has 1 aliphatic heterocycles. The van der Waals surface area contributed by atoms with E-state index in [4.69, 9.17) is 4.74 Å². The summed E-state index contributed by atoms with van der Waals surface area (Å²) in [5.41, 5.74) is 0.130. The van der Waals surface area contributed by atoms with Gasteiger partial charge in [-0.15, -0.1) is 0 Å². The normalized spacial score (nSPS) is 21.0. The zero-order valence-corrected chi connectivity index (χ0v) is 18.0. The van der Waals surface area contributed by atoms with Gasteiger partial charge in [0.25, 0.3) is 5.91 Å². The Morgan fingerprint density at radius 2 is 1.78 bits per heavy atom. The van der Waals surface area contributed by atoms with Crippen molar-refractivity contribution in [1.29, 1.82) is 0 Å². The van der Waals surface area contributed by atoms with Gasteiger partial charge in [0, 0.05) is 42.7 Å². The van der Waals surface area contributed by atoms with Crippen LogP contribution in [0.25, 0.3) is 0 Å². The molecule has 1 aromatic rings. The lowest BCUT2D eigenvalue weighted by molar-refractivity contribution is -0.124. The van der Waals surface area contributed by atoms with Gasteiger partial charge < -0.3 is 15.0 Å². The van der Waals surface area contributed by atoms with E-state index in [0.29, 0.717) is 0 Å². The molecule has 1 amide bonds. The minimum Gasteiger partial charge on any atom is -0.484 e. The van der Waals surface area contributed by atoms with Crippen LogP contribution in [0.4, 0.5) is 0 Å². The van der Waals surface area contributed by atoms with Crippen LogP contribution < -0.4 is 10.1 Å². The summed E-state index contributed by atoms with van der Waals surface area (Å²) in [6.45, 7) is 8.67. The smallest absolute Gasteiger partial charge is 0.258 e. The summed E-state index contributed by atoms with van der Waals surface area (Å²) in [7, 11) is 0. The molecule has 27 heavy (non-hydrogen) atoms. The predicted molar refractivity (Wildman–Crippen MR) is 112 cm³/mol. The molecule has 0 spiro atoms. The molecule has 1 aromatic carbocycles. The van der Waals surface area contributed by atoms with Gasteiger partial charge in [0.15, 0.2) is 6.61 Å². The molecule has 0 bridgehead atoms. The number of amides is 1. The van der Waals surface area contributed by atoms with E-state index in [1.165, 1.54) is 32.1 Å². The highest BCUT2D eigenvalue weighted by Gasteiger charge is 2.39. The third kappa shape index (κ3) is 5.69. The zero-order valence-electron chi connectivity index (χ0n) is 16.4. The molecule has 2 aliphatic rings. The first kappa shape index (κ1) is 20.6. The SMILES string of the molecule is CCN1CCN(C2(CNC(=O)COc3ccc(Br)cc3)CCCCC2)CC1. The fraction of sp³-hybridized carbons (Fsp3) is 0.667. The Morgan fingerprint density at radius 1 is 1.11 bits per heavy atom. The van der Waals surface area contributed by atoms with Gasteiger partial charge in [0.05, 0.1) is 0 Å². The van der Waals surface area contributed by atoms with Crippen molar-refractivity contribution in [2.45, 2.75) is 44.6 Å². The second-order valence-corrected chi connectivity index (χ2v) is 8.64. The van der Waals surface area contributed by atoms with Crippen molar-refractivity contribution in [2.24, 2.45) is 0 Å². The molecule has 2 fully saturated rings. The van der Waals surface area contributed by atoms with Gasteiger partial charge in [0.1, 0.15) is 5.75 Å². The number of nitrogens with one attached hydrogen (secondary N) is 1. The summed E-state index contributed by atoms with van der Waals surface area (Å²) in [4.78, 5) is 17.5. The molecule has 3 rings (SSSR count). The van der Waals surface area contributed by atoms with Crippen LogP contribution in [-0.4, -0.2) is 67.1 Å². The maximum absolute atomic E-state index is 12.4. The first-order chi connectivity index (χ1) is 13.1. The second kappa shape index (κ2) is 9.89. The van der Waals surface area contributed by atoms with Crippen LogP contribution in [0.1, 0.15) is 39.0 Å². The fourth-order valence-corrected chi connectivity index (χ4v) is 4.61. The average Bonchev–Trinajstić information content (AvgIpc) is 2.72. The Balaban J connectivity index is 1.51. The maximum atomic E-state index is 12.4. The molecule has 6 heteroatoms. The molecule has 1 saturated carbocycles. The van der Waals surface area contributed by atoms with Crippen molar-refractivity contribution >= 4 is 21.8 Å². The Labute approximate surface area is 171 Å².